The van der Waals surface area contributed by atoms with E-state index in [0.717, 1.165) is 5.39 Å². The Morgan fingerprint density at radius 1 is 1.04 bits per heavy atom. The van der Waals surface area contributed by atoms with Gasteiger partial charge < -0.3 is 14.6 Å². The van der Waals surface area contributed by atoms with Gasteiger partial charge in [0.15, 0.2) is 11.3 Å². The minimum atomic E-state index is -0.437. The summed E-state index contributed by atoms with van der Waals surface area (Å²) >= 11 is 18.2. The fraction of sp³-hybridized carbons (Fsp3) is 0.158. The molecule has 3 aromatic rings. The van der Waals surface area contributed by atoms with Crippen LogP contribution in [-0.2, 0) is 4.79 Å². The molecule has 0 saturated carbocycles. The van der Waals surface area contributed by atoms with Crippen LogP contribution in [0.5, 0.6) is 0 Å². The minimum Gasteiger partial charge on any atom is -0.449 e. The van der Waals surface area contributed by atoms with Crippen molar-refractivity contribution in [1.82, 2.24) is 4.90 Å². The number of carbonyl (C=O) groups is 2. The molecule has 1 heterocycles. The van der Waals surface area contributed by atoms with Crippen LogP contribution >= 0.6 is 34.8 Å². The summed E-state index contributed by atoms with van der Waals surface area (Å²) < 4.78 is 5.65. The van der Waals surface area contributed by atoms with Gasteiger partial charge in [0.2, 0.25) is 5.91 Å². The van der Waals surface area contributed by atoms with Gasteiger partial charge in [0, 0.05) is 18.0 Å². The monoisotopic (exact) mass is 424 g/mol. The standard InChI is InChI=1S/C19H15Cl3N2O3/c1-10-11-5-3-8-14(22)18(11)27-17(10)19(26)24(2)9-15(25)23-16-12(20)6-4-7-13(16)21/h3-8H,9H2,1-2H3,(H,23,25). The highest BCUT2D eigenvalue weighted by atomic mass is 35.5. The SMILES string of the molecule is Cc1c(C(=O)N(C)CC(=O)Nc2c(Cl)cccc2Cl)oc2c(Cl)cccc12. The zero-order valence-corrected chi connectivity index (χ0v) is 16.7. The van der Waals surface area contributed by atoms with Crippen molar-refractivity contribution in [2.45, 2.75) is 6.92 Å². The molecule has 0 aliphatic heterocycles. The van der Waals surface area contributed by atoms with Gasteiger partial charge in [-0.2, -0.15) is 0 Å². The number of likely N-dealkylation sites (N-methyl/N-ethyl adjacent to an activating group) is 1. The largest absolute Gasteiger partial charge is 0.449 e. The van der Waals surface area contributed by atoms with Crippen LogP contribution in [-0.4, -0.2) is 30.3 Å². The number of nitrogens with zero attached hydrogens (tertiary/aromatic N) is 1. The Morgan fingerprint density at radius 3 is 2.26 bits per heavy atom. The van der Waals surface area contributed by atoms with Gasteiger partial charge >= 0.3 is 0 Å². The zero-order valence-electron chi connectivity index (χ0n) is 14.5. The van der Waals surface area contributed by atoms with E-state index in [1.54, 1.807) is 37.3 Å². The molecule has 1 aromatic heterocycles. The number of aryl methyl sites for hydroxylation is 1. The van der Waals surface area contributed by atoms with Crippen molar-refractivity contribution in [2.75, 3.05) is 18.9 Å². The fourth-order valence-corrected chi connectivity index (χ4v) is 3.37. The topological polar surface area (TPSA) is 62.6 Å². The van der Waals surface area contributed by atoms with Gasteiger partial charge in [0.25, 0.3) is 5.91 Å². The van der Waals surface area contributed by atoms with E-state index in [9.17, 15) is 9.59 Å². The summed E-state index contributed by atoms with van der Waals surface area (Å²) in [4.78, 5) is 26.3. The molecule has 1 N–H and O–H groups in total. The van der Waals surface area contributed by atoms with Gasteiger partial charge in [0.1, 0.15) is 0 Å². The first-order valence-corrected chi connectivity index (χ1v) is 9.10. The maximum atomic E-state index is 12.7. The van der Waals surface area contributed by atoms with Gasteiger partial charge in [-0.05, 0) is 25.1 Å². The van der Waals surface area contributed by atoms with Gasteiger partial charge in [0.05, 0.1) is 27.3 Å². The average molecular weight is 426 g/mol. The Kier molecular flexibility index (Phi) is 5.65. The maximum Gasteiger partial charge on any atom is 0.290 e. The van der Waals surface area contributed by atoms with E-state index < -0.39 is 11.8 Å². The second-order valence-corrected chi connectivity index (χ2v) is 7.20. The lowest BCUT2D eigenvalue weighted by Crippen LogP contribution is -2.35. The molecule has 0 unspecified atom stereocenters. The van der Waals surface area contributed by atoms with Crippen molar-refractivity contribution in [3.05, 3.63) is 62.8 Å². The van der Waals surface area contributed by atoms with Crippen molar-refractivity contribution >= 4 is 63.3 Å². The van der Waals surface area contributed by atoms with Crippen molar-refractivity contribution < 1.29 is 14.0 Å². The number of rotatable bonds is 4. The molecule has 2 aromatic carbocycles. The number of furan rings is 1. The normalized spacial score (nSPS) is 10.9. The van der Waals surface area contributed by atoms with E-state index in [0.29, 0.717) is 31.9 Å². The third-order valence-electron chi connectivity index (χ3n) is 4.06. The Hall–Kier alpha value is -2.21. The molecular weight excluding hydrogens is 411 g/mol. The molecule has 5 nitrogen and oxygen atoms in total. The summed E-state index contributed by atoms with van der Waals surface area (Å²) in [6.07, 6.45) is 0. The maximum absolute atomic E-state index is 12.7. The molecule has 0 atom stereocenters. The smallest absolute Gasteiger partial charge is 0.290 e. The number of hydrogen-bond acceptors (Lipinski definition) is 3. The number of carbonyl (C=O) groups excluding carboxylic acids is 2. The van der Waals surface area contributed by atoms with Crippen LogP contribution in [0, 0.1) is 6.92 Å². The van der Waals surface area contributed by atoms with Crippen molar-refractivity contribution in [3.8, 4) is 0 Å². The summed E-state index contributed by atoms with van der Waals surface area (Å²) in [5, 5.41) is 4.42. The first kappa shape index (κ1) is 19.5. The fourth-order valence-electron chi connectivity index (χ4n) is 2.67. The number of para-hydroxylation sites is 2. The van der Waals surface area contributed by atoms with Crippen molar-refractivity contribution in [3.63, 3.8) is 0 Å². The number of halogens is 3. The zero-order chi connectivity index (χ0) is 19.7. The van der Waals surface area contributed by atoms with Gasteiger partial charge in [-0.25, -0.2) is 0 Å². The Bertz CT molecular complexity index is 1030. The van der Waals surface area contributed by atoms with Gasteiger partial charge in [-0.15, -0.1) is 0 Å². The van der Waals surface area contributed by atoms with Crippen LogP contribution in [0.3, 0.4) is 0 Å². The van der Waals surface area contributed by atoms with Crippen LogP contribution in [0.15, 0.2) is 40.8 Å². The summed E-state index contributed by atoms with van der Waals surface area (Å²) in [5.74, 6) is -0.725. The predicted molar refractivity (Wildman–Crippen MR) is 108 cm³/mol. The molecule has 0 fully saturated rings. The highest BCUT2D eigenvalue weighted by Crippen LogP contribution is 2.32. The lowest BCUT2D eigenvalue weighted by molar-refractivity contribution is -0.116. The number of benzene rings is 2. The van der Waals surface area contributed by atoms with Gasteiger partial charge in [-0.3, -0.25) is 9.59 Å². The van der Waals surface area contributed by atoms with Crippen LogP contribution < -0.4 is 5.32 Å². The minimum absolute atomic E-state index is 0.143. The van der Waals surface area contributed by atoms with Crippen LogP contribution in [0.25, 0.3) is 11.0 Å². The highest BCUT2D eigenvalue weighted by molar-refractivity contribution is 6.39. The summed E-state index contributed by atoms with van der Waals surface area (Å²) in [5.41, 5.74) is 1.41. The van der Waals surface area contributed by atoms with E-state index in [2.05, 4.69) is 5.32 Å². The molecule has 0 aliphatic carbocycles. The first-order valence-electron chi connectivity index (χ1n) is 7.96. The summed E-state index contributed by atoms with van der Waals surface area (Å²) in [6.45, 7) is 1.57. The van der Waals surface area contributed by atoms with E-state index in [1.165, 1.54) is 11.9 Å². The van der Waals surface area contributed by atoms with Crippen LogP contribution in [0.2, 0.25) is 15.1 Å². The third kappa shape index (κ3) is 3.90. The molecular formula is C19H15Cl3N2O3. The Balaban J connectivity index is 1.77. The number of nitrogens with one attached hydrogen (secondary N) is 1. The molecule has 8 heteroatoms. The molecule has 0 aliphatic rings. The van der Waals surface area contributed by atoms with Crippen molar-refractivity contribution in [1.29, 1.82) is 0 Å². The number of amides is 2. The van der Waals surface area contributed by atoms with Crippen LogP contribution in [0.4, 0.5) is 5.69 Å². The Labute approximate surface area is 170 Å². The lowest BCUT2D eigenvalue weighted by atomic mass is 10.1. The summed E-state index contributed by atoms with van der Waals surface area (Å²) in [7, 11) is 1.50. The van der Waals surface area contributed by atoms with Crippen LogP contribution in [0.1, 0.15) is 16.1 Å². The first-order chi connectivity index (χ1) is 12.8. The average Bonchev–Trinajstić information content (AvgIpc) is 2.96. The quantitative estimate of drug-likeness (QED) is 0.608. The molecule has 0 radical (unpaired) electrons. The van der Waals surface area contributed by atoms with Gasteiger partial charge in [-0.1, -0.05) is 53.0 Å². The highest BCUT2D eigenvalue weighted by Gasteiger charge is 2.23. The molecule has 0 spiro atoms. The number of anilines is 1. The third-order valence-corrected chi connectivity index (χ3v) is 4.99. The Morgan fingerprint density at radius 2 is 1.63 bits per heavy atom. The second-order valence-electron chi connectivity index (χ2n) is 5.98. The number of hydrogen-bond donors (Lipinski definition) is 1. The number of fused-ring (bicyclic) bond motifs is 1. The molecule has 2 amide bonds. The molecule has 27 heavy (non-hydrogen) atoms. The molecule has 0 bridgehead atoms. The lowest BCUT2D eigenvalue weighted by Gasteiger charge is -2.16. The van der Waals surface area contributed by atoms with E-state index in [4.69, 9.17) is 39.2 Å². The molecule has 0 saturated heterocycles. The van der Waals surface area contributed by atoms with E-state index in [-0.39, 0.29) is 12.3 Å². The summed E-state index contributed by atoms with van der Waals surface area (Å²) in [6, 6.07) is 10.2. The molecule has 3 rings (SSSR count). The molecule has 140 valence electrons. The van der Waals surface area contributed by atoms with Crippen molar-refractivity contribution in [2.24, 2.45) is 0 Å². The van der Waals surface area contributed by atoms with E-state index in [1.807, 2.05) is 6.07 Å². The van der Waals surface area contributed by atoms with E-state index >= 15 is 0 Å². The second kappa shape index (κ2) is 7.80. The predicted octanol–water partition coefficient (Wildman–Crippen LogP) is 5.41.